The number of anilines is 2. The van der Waals surface area contributed by atoms with E-state index in [4.69, 9.17) is 16.2 Å². The molecule has 0 aliphatic heterocycles. The summed E-state index contributed by atoms with van der Waals surface area (Å²) in [6.07, 6.45) is 3.20. The molecule has 6 heteroatoms. The first-order chi connectivity index (χ1) is 7.20. The maximum atomic E-state index is 10.3. The molecule has 0 aliphatic carbocycles. The van der Waals surface area contributed by atoms with Crippen molar-refractivity contribution >= 4 is 17.3 Å². The zero-order valence-corrected chi connectivity index (χ0v) is 8.27. The maximum absolute atomic E-state index is 10.3. The van der Waals surface area contributed by atoms with Crippen LogP contribution in [0.2, 0.25) is 0 Å². The van der Waals surface area contributed by atoms with Gasteiger partial charge in [-0.1, -0.05) is 0 Å². The molecular weight excluding hydrogens is 196 g/mol. The van der Waals surface area contributed by atoms with E-state index >= 15 is 0 Å². The quantitative estimate of drug-likeness (QED) is 0.553. The Labute approximate surface area is 87.6 Å². The van der Waals surface area contributed by atoms with E-state index in [1.54, 1.807) is 18.5 Å². The number of ether oxygens (including phenoxy) is 1. The number of rotatable bonds is 6. The first kappa shape index (κ1) is 11.3. The van der Waals surface area contributed by atoms with E-state index < -0.39 is 5.91 Å². The molecule has 0 spiro atoms. The molecule has 0 bridgehead atoms. The molecule has 1 heterocycles. The first-order valence-corrected chi connectivity index (χ1v) is 4.49. The Balaban J connectivity index is 2.21. The van der Waals surface area contributed by atoms with E-state index in [9.17, 15) is 4.79 Å². The number of nitrogens with zero attached hydrogens (tertiary/aromatic N) is 1. The molecule has 0 saturated carbocycles. The lowest BCUT2D eigenvalue weighted by Crippen LogP contribution is -2.20. The van der Waals surface area contributed by atoms with Gasteiger partial charge in [-0.05, 0) is 6.07 Å². The number of pyridine rings is 1. The molecule has 82 valence electrons. The summed E-state index contributed by atoms with van der Waals surface area (Å²) >= 11 is 0. The van der Waals surface area contributed by atoms with Crippen LogP contribution in [0.25, 0.3) is 0 Å². The summed E-state index contributed by atoms with van der Waals surface area (Å²) < 4.78 is 4.96. The van der Waals surface area contributed by atoms with Crippen LogP contribution in [0.5, 0.6) is 0 Å². The van der Waals surface area contributed by atoms with Gasteiger partial charge >= 0.3 is 0 Å². The SMILES string of the molecule is NC(=O)COCCNc1ccncc1N. The van der Waals surface area contributed by atoms with Crippen molar-refractivity contribution in [1.82, 2.24) is 4.98 Å². The van der Waals surface area contributed by atoms with Gasteiger partial charge in [0.25, 0.3) is 0 Å². The number of hydrogen-bond acceptors (Lipinski definition) is 5. The molecule has 1 rings (SSSR count). The minimum Gasteiger partial charge on any atom is -0.396 e. The first-order valence-electron chi connectivity index (χ1n) is 4.49. The zero-order chi connectivity index (χ0) is 11.1. The number of aromatic nitrogens is 1. The van der Waals surface area contributed by atoms with Gasteiger partial charge in [0.05, 0.1) is 24.2 Å². The standard InChI is InChI=1S/C9H14N4O2/c10-7-5-12-2-1-8(7)13-3-4-15-6-9(11)14/h1-2,5H,3-4,6,10H2,(H2,11,14)(H,12,13). The van der Waals surface area contributed by atoms with Crippen molar-refractivity contribution in [3.05, 3.63) is 18.5 Å². The Morgan fingerprint density at radius 3 is 3.07 bits per heavy atom. The monoisotopic (exact) mass is 210 g/mol. The molecule has 0 unspecified atom stereocenters. The number of hydrogen-bond donors (Lipinski definition) is 3. The Morgan fingerprint density at radius 1 is 1.60 bits per heavy atom. The van der Waals surface area contributed by atoms with Gasteiger partial charge in [0.2, 0.25) is 5.91 Å². The van der Waals surface area contributed by atoms with Gasteiger partial charge in [-0.3, -0.25) is 9.78 Å². The number of nitrogens with one attached hydrogen (secondary N) is 1. The zero-order valence-electron chi connectivity index (χ0n) is 8.27. The largest absolute Gasteiger partial charge is 0.396 e. The van der Waals surface area contributed by atoms with Crippen molar-refractivity contribution in [2.45, 2.75) is 0 Å². The summed E-state index contributed by atoms with van der Waals surface area (Å²) in [6.45, 7) is 0.889. The Hall–Kier alpha value is -1.82. The number of nitrogens with two attached hydrogens (primary N) is 2. The summed E-state index contributed by atoms with van der Waals surface area (Å²) in [7, 11) is 0. The van der Waals surface area contributed by atoms with Gasteiger partial charge in [-0.25, -0.2) is 0 Å². The van der Waals surface area contributed by atoms with Gasteiger partial charge in [0.15, 0.2) is 0 Å². The number of primary amides is 1. The predicted octanol–water partition coefficient (Wildman–Crippen LogP) is -0.422. The molecule has 0 atom stereocenters. The van der Waals surface area contributed by atoms with Crippen LogP contribution in [-0.2, 0) is 9.53 Å². The highest BCUT2D eigenvalue weighted by Gasteiger charge is 1.97. The molecule has 5 N–H and O–H groups in total. The van der Waals surface area contributed by atoms with Crippen molar-refractivity contribution in [2.24, 2.45) is 5.73 Å². The van der Waals surface area contributed by atoms with E-state index in [0.717, 1.165) is 5.69 Å². The Bertz CT molecular complexity index is 330. The Kier molecular flexibility index (Phi) is 4.36. The van der Waals surface area contributed by atoms with E-state index in [1.165, 1.54) is 0 Å². The molecular formula is C9H14N4O2. The van der Waals surface area contributed by atoms with Gasteiger partial charge < -0.3 is 21.5 Å². The third-order valence-corrected chi connectivity index (χ3v) is 1.66. The van der Waals surface area contributed by atoms with Gasteiger partial charge in [0, 0.05) is 12.7 Å². The molecule has 0 aliphatic rings. The van der Waals surface area contributed by atoms with Crippen molar-refractivity contribution in [3.8, 4) is 0 Å². The maximum Gasteiger partial charge on any atom is 0.243 e. The average molecular weight is 210 g/mol. The lowest BCUT2D eigenvalue weighted by molar-refractivity contribution is -0.122. The summed E-state index contributed by atoms with van der Waals surface area (Å²) in [5, 5.41) is 3.04. The molecule has 1 amide bonds. The minimum atomic E-state index is -0.474. The fraction of sp³-hybridized carbons (Fsp3) is 0.333. The van der Waals surface area contributed by atoms with Crippen molar-refractivity contribution in [3.63, 3.8) is 0 Å². The number of carbonyl (C=O) groups excluding carboxylic acids is 1. The van der Waals surface area contributed by atoms with Crippen molar-refractivity contribution in [1.29, 1.82) is 0 Å². The molecule has 0 saturated heterocycles. The highest BCUT2D eigenvalue weighted by molar-refractivity contribution is 5.75. The third kappa shape index (κ3) is 4.28. The normalized spacial score (nSPS) is 9.87. The molecule has 0 fully saturated rings. The summed E-state index contributed by atoms with van der Waals surface area (Å²) in [5.41, 5.74) is 11.9. The van der Waals surface area contributed by atoms with Crippen LogP contribution in [0, 0.1) is 0 Å². The second kappa shape index (κ2) is 5.82. The van der Waals surface area contributed by atoms with Crippen molar-refractivity contribution in [2.75, 3.05) is 30.8 Å². The molecule has 0 aromatic carbocycles. The topological polar surface area (TPSA) is 103 Å². The number of nitrogen functional groups attached to an aromatic ring is 1. The van der Waals surface area contributed by atoms with E-state index in [-0.39, 0.29) is 6.61 Å². The van der Waals surface area contributed by atoms with Crippen LogP contribution >= 0.6 is 0 Å². The van der Waals surface area contributed by atoms with E-state index in [2.05, 4.69) is 10.3 Å². The van der Waals surface area contributed by atoms with Crippen LogP contribution in [0.15, 0.2) is 18.5 Å². The fourth-order valence-corrected chi connectivity index (χ4v) is 0.998. The third-order valence-electron chi connectivity index (χ3n) is 1.66. The second-order valence-electron chi connectivity index (χ2n) is 2.91. The summed E-state index contributed by atoms with van der Waals surface area (Å²) in [5.74, 6) is -0.474. The molecule has 1 aromatic rings. The van der Waals surface area contributed by atoms with Crippen molar-refractivity contribution < 1.29 is 9.53 Å². The van der Waals surface area contributed by atoms with Crippen LogP contribution < -0.4 is 16.8 Å². The van der Waals surface area contributed by atoms with Gasteiger partial charge in [0.1, 0.15) is 6.61 Å². The fourth-order valence-electron chi connectivity index (χ4n) is 0.998. The van der Waals surface area contributed by atoms with Crippen LogP contribution in [0.3, 0.4) is 0 Å². The van der Waals surface area contributed by atoms with E-state index in [1.807, 2.05) is 0 Å². The van der Waals surface area contributed by atoms with Gasteiger partial charge in [-0.15, -0.1) is 0 Å². The second-order valence-corrected chi connectivity index (χ2v) is 2.91. The van der Waals surface area contributed by atoms with Crippen LogP contribution in [0.4, 0.5) is 11.4 Å². The number of amides is 1. The predicted molar refractivity (Wildman–Crippen MR) is 57.2 cm³/mol. The number of carbonyl (C=O) groups is 1. The Morgan fingerprint density at radius 2 is 2.40 bits per heavy atom. The average Bonchev–Trinajstić information content (AvgIpc) is 2.20. The summed E-state index contributed by atoms with van der Waals surface area (Å²) in [6, 6.07) is 1.77. The van der Waals surface area contributed by atoms with E-state index in [0.29, 0.717) is 18.8 Å². The lowest BCUT2D eigenvalue weighted by atomic mass is 10.3. The van der Waals surface area contributed by atoms with Gasteiger partial charge in [-0.2, -0.15) is 0 Å². The smallest absolute Gasteiger partial charge is 0.243 e. The minimum absolute atomic E-state index is 0.0620. The molecule has 0 radical (unpaired) electrons. The molecule has 15 heavy (non-hydrogen) atoms. The lowest BCUT2D eigenvalue weighted by Gasteiger charge is -2.08. The summed E-state index contributed by atoms with van der Waals surface area (Å²) in [4.78, 5) is 14.2. The highest BCUT2D eigenvalue weighted by Crippen LogP contribution is 2.14. The van der Waals surface area contributed by atoms with Crippen LogP contribution in [0.1, 0.15) is 0 Å². The highest BCUT2D eigenvalue weighted by atomic mass is 16.5. The molecule has 6 nitrogen and oxygen atoms in total. The molecule has 1 aromatic heterocycles. The van der Waals surface area contributed by atoms with Crippen LogP contribution in [-0.4, -0.2) is 30.6 Å².